The van der Waals surface area contributed by atoms with Crippen LogP contribution < -0.4 is 0 Å². The van der Waals surface area contributed by atoms with Gasteiger partial charge in [-0.25, -0.2) is 0 Å². The van der Waals surface area contributed by atoms with Crippen LogP contribution in [0.25, 0.3) is 60.1 Å². The number of allylic oxidation sites excluding steroid dienone is 4. The third kappa shape index (κ3) is 4.16. The SMILES string of the molecule is CC1=CC(c2ccc(-c3cccc(C)c3)c3c4cc(-c5cccc(C)c5)ccc4c4cc(C)ccc4c23)=CCC1. The van der Waals surface area contributed by atoms with Crippen LogP contribution in [0.15, 0.2) is 115 Å². The largest absolute Gasteiger partial charge is 0.0763 e. The lowest BCUT2D eigenvalue weighted by Crippen LogP contribution is -1.96. The molecule has 0 bridgehead atoms. The van der Waals surface area contributed by atoms with Crippen LogP contribution >= 0.6 is 0 Å². The van der Waals surface area contributed by atoms with Crippen LogP contribution in [0.1, 0.15) is 42.0 Å². The first-order valence-corrected chi connectivity index (χ1v) is 14.4. The molecule has 6 aromatic carbocycles. The average molecular weight is 515 g/mol. The van der Waals surface area contributed by atoms with Crippen molar-refractivity contribution in [2.75, 3.05) is 0 Å². The predicted octanol–water partition coefficient (Wildman–Crippen LogP) is 11.5. The van der Waals surface area contributed by atoms with E-state index in [0.29, 0.717) is 0 Å². The van der Waals surface area contributed by atoms with Gasteiger partial charge >= 0.3 is 0 Å². The van der Waals surface area contributed by atoms with Gasteiger partial charge in [0.05, 0.1) is 0 Å². The van der Waals surface area contributed by atoms with E-state index in [2.05, 4.69) is 137 Å². The van der Waals surface area contributed by atoms with Crippen molar-refractivity contribution in [3.8, 4) is 22.3 Å². The highest BCUT2D eigenvalue weighted by molar-refractivity contribution is 6.31. The maximum Gasteiger partial charge on any atom is -0.00139 e. The molecule has 0 amide bonds. The first-order chi connectivity index (χ1) is 19.5. The quantitative estimate of drug-likeness (QED) is 0.206. The average Bonchev–Trinajstić information content (AvgIpc) is 2.96. The Morgan fingerprint density at radius 2 is 1.12 bits per heavy atom. The number of rotatable bonds is 3. The first kappa shape index (κ1) is 24.6. The maximum atomic E-state index is 2.44. The molecule has 0 heteroatoms. The van der Waals surface area contributed by atoms with Crippen LogP contribution in [0.4, 0.5) is 0 Å². The van der Waals surface area contributed by atoms with Gasteiger partial charge in [-0.05, 0) is 112 Å². The van der Waals surface area contributed by atoms with E-state index in [9.17, 15) is 0 Å². The Kier molecular flexibility index (Phi) is 5.93. The normalized spacial score (nSPS) is 13.6. The van der Waals surface area contributed by atoms with Crippen molar-refractivity contribution in [1.82, 2.24) is 0 Å². The molecule has 40 heavy (non-hydrogen) atoms. The topological polar surface area (TPSA) is 0 Å². The van der Waals surface area contributed by atoms with Gasteiger partial charge in [0.15, 0.2) is 0 Å². The van der Waals surface area contributed by atoms with Crippen molar-refractivity contribution in [3.05, 3.63) is 137 Å². The van der Waals surface area contributed by atoms with E-state index < -0.39 is 0 Å². The number of aryl methyl sites for hydroxylation is 3. The number of fused-ring (bicyclic) bond motifs is 6. The zero-order valence-electron chi connectivity index (χ0n) is 23.8. The summed E-state index contributed by atoms with van der Waals surface area (Å²) in [6.07, 6.45) is 7.08. The molecule has 0 saturated carbocycles. The maximum absolute atomic E-state index is 2.44. The van der Waals surface area contributed by atoms with Crippen LogP contribution in [-0.2, 0) is 0 Å². The van der Waals surface area contributed by atoms with Crippen molar-refractivity contribution in [2.45, 2.75) is 40.5 Å². The fraction of sp³-hybridized carbons (Fsp3) is 0.150. The third-order valence-corrected chi connectivity index (χ3v) is 8.53. The Balaban J connectivity index is 1.70. The molecule has 0 fully saturated rings. The molecule has 0 saturated heterocycles. The lowest BCUT2D eigenvalue weighted by molar-refractivity contribution is 0.966. The zero-order valence-corrected chi connectivity index (χ0v) is 23.8. The molecule has 0 spiro atoms. The van der Waals surface area contributed by atoms with Crippen LogP contribution in [0.3, 0.4) is 0 Å². The summed E-state index contributed by atoms with van der Waals surface area (Å²) in [5, 5.41) is 8.01. The standard InChI is InChI=1S/C40H34/c1-25-8-5-11-29(20-25)30-15-17-35-37-23-28(4)14-16-36(37)39-33(31-12-6-9-26(2)21-31)18-19-34(40(39)38(35)24-30)32-13-7-10-27(3)22-32/h5,7-8,10-24H,6,9H2,1-4H3. The number of hydrogen-bond donors (Lipinski definition) is 0. The minimum atomic E-state index is 1.10. The smallest absolute Gasteiger partial charge is 0.00139 e. The van der Waals surface area contributed by atoms with Gasteiger partial charge in [-0.3, -0.25) is 0 Å². The summed E-state index contributed by atoms with van der Waals surface area (Å²) in [5.41, 5.74) is 13.1. The van der Waals surface area contributed by atoms with Gasteiger partial charge in [0, 0.05) is 0 Å². The molecule has 6 aromatic rings. The Bertz CT molecular complexity index is 2030. The van der Waals surface area contributed by atoms with E-state index in [1.807, 2.05) is 0 Å². The second-order valence-electron chi connectivity index (χ2n) is 11.6. The Morgan fingerprint density at radius 3 is 1.90 bits per heavy atom. The fourth-order valence-corrected chi connectivity index (χ4v) is 6.58. The third-order valence-electron chi connectivity index (χ3n) is 8.53. The highest BCUT2D eigenvalue weighted by Gasteiger charge is 2.19. The number of hydrogen-bond acceptors (Lipinski definition) is 0. The van der Waals surface area contributed by atoms with Gasteiger partial charge in [-0.2, -0.15) is 0 Å². The molecule has 0 aliphatic heterocycles. The second kappa shape index (κ2) is 9.65. The van der Waals surface area contributed by atoms with Crippen LogP contribution in [-0.4, -0.2) is 0 Å². The molecule has 0 unspecified atom stereocenters. The Labute approximate surface area is 237 Å². The lowest BCUT2D eigenvalue weighted by atomic mass is 9.83. The van der Waals surface area contributed by atoms with E-state index in [-0.39, 0.29) is 0 Å². The first-order valence-electron chi connectivity index (χ1n) is 14.4. The molecule has 0 aromatic heterocycles. The summed E-state index contributed by atoms with van der Waals surface area (Å²) in [7, 11) is 0. The molecule has 0 nitrogen and oxygen atoms in total. The summed E-state index contributed by atoms with van der Waals surface area (Å²) in [6.45, 7) is 8.83. The van der Waals surface area contributed by atoms with E-state index in [0.717, 1.165) is 12.8 Å². The van der Waals surface area contributed by atoms with Crippen molar-refractivity contribution in [1.29, 1.82) is 0 Å². The summed E-state index contributed by atoms with van der Waals surface area (Å²) in [6, 6.07) is 36.7. The summed E-state index contributed by atoms with van der Waals surface area (Å²) < 4.78 is 0. The van der Waals surface area contributed by atoms with E-state index in [4.69, 9.17) is 0 Å². The van der Waals surface area contributed by atoms with Gasteiger partial charge in [0.1, 0.15) is 0 Å². The van der Waals surface area contributed by atoms with Gasteiger partial charge in [0.25, 0.3) is 0 Å². The van der Waals surface area contributed by atoms with Gasteiger partial charge in [-0.15, -0.1) is 0 Å². The highest BCUT2D eigenvalue weighted by atomic mass is 14.2. The second-order valence-corrected chi connectivity index (χ2v) is 11.6. The van der Waals surface area contributed by atoms with Gasteiger partial charge in [0.2, 0.25) is 0 Å². The summed E-state index contributed by atoms with van der Waals surface area (Å²) in [5.74, 6) is 0. The van der Waals surface area contributed by atoms with Crippen molar-refractivity contribution in [2.24, 2.45) is 0 Å². The van der Waals surface area contributed by atoms with Gasteiger partial charge in [-0.1, -0.05) is 125 Å². The minimum absolute atomic E-state index is 1.10. The Hall–Kier alpha value is -4.42. The monoisotopic (exact) mass is 514 g/mol. The molecular weight excluding hydrogens is 480 g/mol. The van der Waals surface area contributed by atoms with Crippen molar-refractivity contribution in [3.63, 3.8) is 0 Å². The van der Waals surface area contributed by atoms with E-state index in [1.54, 1.807) is 0 Å². The van der Waals surface area contributed by atoms with Gasteiger partial charge < -0.3 is 0 Å². The molecule has 0 N–H and O–H groups in total. The minimum Gasteiger partial charge on any atom is -0.0763 e. The summed E-state index contributed by atoms with van der Waals surface area (Å²) >= 11 is 0. The predicted molar refractivity (Wildman–Crippen MR) is 175 cm³/mol. The summed E-state index contributed by atoms with van der Waals surface area (Å²) in [4.78, 5) is 0. The van der Waals surface area contributed by atoms with Crippen LogP contribution in [0, 0.1) is 20.8 Å². The van der Waals surface area contributed by atoms with Crippen molar-refractivity contribution >= 4 is 37.9 Å². The van der Waals surface area contributed by atoms with Crippen molar-refractivity contribution < 1.29 is 0 Å². The molecule has 194 valence electrons. The molecular formula is C40H34. The number of benzene rings is 6. The van der Waals surface area contributed by atoms with Crippen LogP contribution in [0.2, 0.25) is 0 Å². The van der Waals surface area contributed by atoms with Crippen LogP contribution in [0.5, 0.6) is 0 Å². The van der Waals surface area contributed by atoms with E-state index in [1.165, 1.54) is 88.0 Å². The molecule has 0 heterocycles. The molecule has 1 aliphatic rings. The Morgan fingerprint density at radius 1 is 0.475 bits per heavy atom. The molecule has 7 rings (SSSR count). The fourth-order valence-electron chi connectivity index (χ4n) is 6.58. The molecule has 1 aliphatic carbocycles. The lowest BCUT2D eigenvalue weighted by Gasteiger charge is -2.21. The highest BCUT2D eigenvalue weighted by Crippen LogP contribution is 2.45. The van der Waals surface area contributed by atoms with E-state index >= 15 is 0 Å². The molecule has 0 atom stereocenters. The molecule has 0 radical (unpaired) electrons. The zero-order chi connectivity index (χ0) is 27.4.